The molecule has 0 aromatic carbocycles. The summed E-state index contributed by atoms with van der Waals surface area (Å²) in [5, 5.41) is 1.89. The number of carbonyl (C=O) groups excluding carboxylic acids is 1. The lowest BCUT2D eigenvalue weighted by atomic mass is 10.1. The lowest BCUT2D eigenvalue weighted by molar-refractivity contribution is 0.258. The van der Waals surface area contributed by atoms with E-state index >= 15 is 0 Å². The first-order valence-corrected chi connectivity index (χ1v) is 7.58. The number of halogens is 2. The number of alkyl halides is 1. The fraction of sp³-hybridized carbons (Fsp3) is 0.923. The Morgan fingerprint density at radius 1 is 1.00 bits per heavy atom. The lowest BCUT2D eigenvalue weighted by Crippen LogP contribution is -2.25. The number of hydrogen-bond donors (Lipinski definition) is 1. The molecule has 1 N–H and O–H groups in total. The molecule has 0 saturated heterocycles. The van der Waals surface area contributed by atoms with Crippen LogP contribution in [-0.2, 0) is 0 Å². The van der Waals surface area contributed by atoms with Crippen LogP contribution in [0.2, 0.25) is 0 Å². The molecule has 0 aromatic rings. The Kier molecular flexibility index (Phi) is 12.5. The summed E-state index contributed by atoms with van der Waals surface area (Å²) >= 11 is 11.0. The van der Waals surface area contributed by atoms with Crippen molar-refractivity contribution in [1.29, 1.82) is 0 Å². The highest BCUT2D eigenvalue weighted by atomic mass is 35.5. The summed E-state index contributed by atoms with van der Waals surface area (Å²) in [6, 6.07) is 0. The van der Waals surface area contributed by atoms with Crippen LogP contribution in [0.5, 0.6) is 0 Å². The van der Waals surface area contributed by atoms with E-state index in [1.807, 2.05) is 0 Å². The minimum atomic E-state index is -0.569. The minimum absolute atomic E-state index is 0.315. The molecule has 0 heterocycles. The molecule has 0 spiro atoms. The maximum Gasteiger partial charge on any atom is 0.314 e. The third-order valence-corrected chi connectivity index (χ3v) is 3.27. The monoisotopic (exact) mass is 281 g/mol. The number of hydrogen-bond acceptors (Lipinski definition) is 1. The van der Waals surface area contributed by atoms with E-state index in [1.54, 1.807) is 0 Å². The van der Waals surface area contributed by atoms with Crippen LogP contribution in [-0.4, -0.2) is 10.9 Å². The second-order valence-electron chi connectivity index (χ2n) is 4.50. The molecule has 1 amide bonds. The molecule has 0 bridgehead atoms. The molecular weight excluding hydrogens is 257 g/mol. The van der Waals surface area contributed by atoms with E-state index in [9.17, 15) is 4.79 Å². The van der Waals surface area contributed by atoms with Crippen LogP contribution in [0.1, 0.15) is 71.1 Å². The van der Waals surface area contributed by atoms with E-state index in [0.29, 0.717) is 0 Å². The van der Waals surface area contributed by atoms with Gasteiger partial charge in [0.05, 0.1) is 0 Å². The largest absolute Gasteiger partial charge is 0.326 e. The van der Waals surface area contributed by atoms with Gasteiger partial charge in [-0.3, -0.25) is 4.79 Å². The highest BCUT2D eigenvalue weighted by molar-refractivity contribution is 6.63. The summed E-state index contributed by atoms with van der Waals surface area (Å²) in [7, 11) is 0. The molecule has 102 valence electrons. The van der Waals surface area contributed by atoms with Gasteiger partial charge < -0.3 is 5.32 Å². The summed E-state index contributed by atoms with van der Waals surface area (Å²) in [5.74, 6) is 0. The zero-order valence-electron chi connectivity index (χ0n) is 10.8. The van der Waals surface area contributed by atoms with Crippen molar-refractivity contribution in [2.24, 2.45) is 0 Å². The average Bonchev–Trinajstić information content (AvgIpc) is 2.26. The van der Waals surface area contributed by atoms with Crippen LogP contribution in [0.15, 0.2) is 0 Å². The van der Waals surface area contributed by atoms with Crippen LogP contribution < -0.4 is 5.32 Å². The lowest BCUT2D eigenvalue weighted by Gasteiger charge is -2.08. The summed E-state index contributed by atoms with van der Waals surface area (Å²) in [6.07, 6.45) is 12.4. The van der Waals surface area contributed by atoms with Crippen molar-refractivity contribution in [2.75, 3.05) is 0 Å². The highest BCUT2D eigenvalue weighted by Crippen LogP contribution is 2.12. The number of unbranched alkanes of at least 4 members (excludes halogenated alkanes) is 8. The Morgan fingerprint density at radius 2 is 1.47 bits per heavy atom. The molecular formula is C13H25Cl2NO. The molecule has 0 saturated carbocycles. The van der Waals surface area contributed by atoms with Gasteiger partial charge in [-0.15, -0.1) is 0 Å². The molecule has 1 atom stereocenters. The second-order valence-corrected chi connectivity index (χ2v) is 5.37. The summed E-state index contributed by atoms with van der Waals surface area (Å²) < 4.78 is 0. The fourth-order valence-corrected chi connectivity index (χ4v) is 2.27. The molecule has 0 aliphatic rings. The van der Waals surface area contributed by atoms with Crippen LogP contribution in [0, 0.1) is 0 Å². The first-order chi connectivity index (χ1) is 8.16. The number of rotatable bonds is 11. The van der Waals surface area contributed by atoms with Gasteiger partial charge >= 0.3 is 5.37 Å². The Morgan fingerprint density at radius 3 is 1.94 bits per heavy atom. The van der Waals surface area contributed by atoms with Gasteiger partial charge in [0.1, 0.15) is 5.50 Å². The average molecular weight is 282 g/mol. The van der Waals surface area contributed by atoms with Crippen molar-refractivity contribution in [2.45, 2.75) is 76.6 Å². The van der Waals surface area contributed by atoms with Crippen molar-refractivity contribution in [3.05, 3.63) is 0 Å². The SMILES string of the molecule is CCCCCCCCCCCC(Cl)NC(=O)Cl. The summed E-state index contributed by atoms with van der Waals surface area (Å²) in [5.41, 5.74) is -0.315. The number of amides is 1. The maximum atomic E-state index is 10.5. The number of carbonyl (C=O) groups is 1. The normalized spacial score (nSPS) is 12.4. The predicted molar refractivity (Wildman–Crippen MR) is 75.9 cm³/mol. The van der Waals surface area contributed by atoms with Crippen molar-refractivity contribution < 1.29 is 4.79 Å². The Hall–Kier alpha value is 0.0500. The molecule has 0 aliphatic heterocycles. The van der Waals surface area contributed by atoms with Crippen molar-refractivity contribution in [3.8, 4) is 0 Å². The zero-order chi connectivity index (χ0) is 12.9. The van der Waals surface area contributed by atoms with E-state index in [-0.39, 0.29) is 5.50 Å². The van der Waals surface area contributed by atoms with Gasteiger partial charge in [0.25, 0.3) is 0 Å². The maximum absolute atomic E-state index is 10.5. The van der Waals surface area contributed by atoms with Gasteiger partial charge in [-0.25, -0.2) is 0 Å². The van der Waals surface area contributed by atoms with Gasteiger partial charge in [-0.05, 0) is 18.0 Å². The third kappa shape index (κ3) is 14.0. The molecule has 0 rings (SSSR count). The standard InChI is InChI=1S/C13H25Cl2NO/c1-2-3-4-5-6-7-8-9-10-11-12(14)16-13(15)17/h12H,2-11H2,1H3,(H,16,17). The Balaban J connectivity index is 3.10. The topological polar surface area (TPSA) is 29.1 Å². The molecule has 0 aliphatic carbocycles. The van der Waals surface area contributed by atoms with Crippen LogP contribution >= 0.6 is 23.2 Å². The summed E-state index contributed by atoms with van der Waals surface area (Å²) in [4.78, 5) is 10.5. The first kappa shape index (κ1) is 17.1. The molecule has 0 fully saturated rings. The van der Waals surface area contributed by atoms with Gasteiger partial charge in [-0.2, -0.15) is 0 Å². The molecule has 4 heteroatoms. The van der Waals surface area contributed by atoms with Gasteiger partial charge in [-0.1, -0.05) is 76.3 Å². The second kappa shape index (κ2) is 12.5. The molecule has 17 heavy (non-hydrogen) atoms. The van der Waals surface area contributed by atoms with Gasteiger partial charge in [0.2, 0.25) is 0 Å². The van der Waals surface area contributed by atoms with Gasteiger partial charge in [0.15, 0.2) is 0 Å². The molecule has 0 aromatic heterocycles. The van der Waals surface area contributed by atoms with Gasteiger partial charge in [0, 0.05) is 0 Å². The summed E-state index contributed by atoms with van der Waals surface area (Å²) in [6.45, 7) is 2.24. The van der Waals surface area contributed by atoms with E-state index in [4.69, 9.17) is 23.2 Å². The predicted octanol–water partition coefficient (Wildman–Crippen LogP) is 5.42. The quantitative estimate of drug-likeness (QED) is 0.233. The van der Waals surface area contributed by atoms with Crippen molar-refractivity contribution in [3.63, 3.8) is 0 Å². The fourth-order valence-electron chi connectivity index (χ4n) is 1.83. The molecule has 2 nitrogen and oxygen atoms in total. The van der Waals surface area contributed by atoms with Crippen LogP contribution in [0.4, 0.5) is 4.79 Å². The Bertz CT molecular complexity index is 188. The Labute approximate surface area is 115 Å². The van der Waals surface area contributed by atoms with Crippen molar-refractivity contribution >= 4 is 28.6 Å². The molecule has 0 radical (unpaired) electrons. The van der Waals surface area contributed by atoms with E-state index in [1.165, 1.54) is 51.4 Å². The third-order valence-electron chi connectivity index (χ3n) is 2.83. The van der Waals surface area contributed by atoms with Crippen LogP contribution in [0.25, 0.3) is 0 Å². The van der Waals surface area contributed by atoms with E-state index < -0.39 is 5.37 Å². The van der Waals surface area contributed by atoms with E-state index in [2.05, 4.69) is 12.2 Å². The minimum Gasteiger partial charge on any atom is -0.326 e. The molecule has 1 unspecified atom stereocenters. The highest BCUT2D eigenvalue weighted by Gasteiger charge is 2.05. The van der Waals surface area contributed by atoms with Crippen molar-refractivity contribution in [1.82, 2.24) is 5.32 Å². The smallest absolute Gasteiger partial charge is 0.314 e. The van der Waals surface area contributed by atoms with E-state index in [0.717, 1.165) is 12.8 Å². The zero-order valence-corrected chi connectivity index (χ0v) is 12.3. The number of nitrogens with one attached hydrogen (secondary N) is 1. The first-order valence-electron chi connectivity index (χ1n) is 6.77. The van der Waals surface area contributed by atoms with Crippen LogP contribution in [0.3, 0.4) is 0 Å².